The predicted octanol–water partition coefficient (Wildman–Crippen LogP) is 6.98. The average molecular weight is 376 g/mol. The SMILES string of the molecule is Cc1cccc(C(OCC(F)(F)F)=C2C3CCCC2C2=C(CCCC2)C3)c1. The fraction of sp³-hybridized carbons (Fsp3) is 0.565. The van der Waals surface area contributed by atoms with E-state index in [2.05, 4.69) is 0 Å². The van der Waals surface area contributed by atoms with Crippen LogP contribution in [0, 0.1) is 18.8 Å². The first-order chi connectivity index (χ1) is 12.9. The van der Waals surface area contributed by atoms with Gasteiger partial charge in [-0.3, -0.25) is 0 Å². The van der Waals surface area contributed by atoms with Crippen molar-refractivity contribution < 1.29 is 17.9 Å². The highest BCUT2D eigenvalue weighted by atomic mass is 19.4. The van der Waals surface area contributed by atoms with Gasteiger partial charge >= 0.3 is 6.18 Å². The Hall–Kier alpha value is -1.71. The van der Waals surface area contributed by atoms with E-state index in [0.29, 0.717) is 11.7 Å². The van der Waals surface area contributed by atoms with E-state index in [1.807, 2.05) is 31.2 Å². The van der Waals surface area contributed by atoms with Crippen molar-refractivity contribution in [2.45, 2.75) is 64.5 Å². The second-order valence-corrected chi connectivity index (χ2v) is 8.28. The molecule has 1 fully saturated rings. The summed E-state index contributed by atoms with van der Waals surface area (Å²) in [5, 5.41) is 0. The van der Waals surface area contributed by atoms with Crippen LogP contribution in [-0.4, -0.2) is 12.8 Å². The zero-order valence-corrected chi connectivity index (χ0v) is 15.9. The van der Waals surface area contributed by atoms with Crippen LogP contribution in [0.1, 0.15) is 62.5 Å². The Bertz CT molecular complexity index is 772. The van der Waals surface area contributed by atoms with Crippen molar-refractivity contribution in [3.05, 3.63) is 52.1 Å². The summed E-state index contributed by atoms with van der Waals surface area (Å²) in [6.45, 7) is 0.754. The molecule has 0 radical (unpaired) electrons. The lowest BCUT2D eigenvalue weighted by molar-refractivity contribution is -0.158. The summed E-state index contributed by atoms with van der Waals surface area (Å²) in [7, 11) is 0. The third-order valence-electron chi connectivity index (χ3n) is 6.33. The van der Waals surface area contributed by atoms with Crippen LogP contribution in [0.15, 0.2) is 41.0 Å². The van der Waals surface area contributed by atoms with Gasteiger partial charge in [0, 0.05) is 11.5 Å². The quantitative estimate of drug-likeness (QED) is 0.409. The van der Waals surface area contributed by atoms with E-state index in [9.17, 15) is 13.2 Å². The van der Waals surface area contributed by atoms with Crippen LogP contribution in [0.3, 0.4) is 0 Å². The van der Waals surface area contributed by atoms with Crippen LogP contribution in [-0.2, 0) is 4.74 Å². The molecule has 0 spiro atoms. The summed E-state index contributed by atoms with van der Waals surface area (Å²) in [6, 6.07) is 7.73. The summed E-state index contributed by atoms with van der Waals surface area (Å²) in [6.07, 6.45) is 4.72. The number of halogens is 3. The number of ether oxygens (including phenoxy) is 1. The Balaban J connectivity index is 1.81. The van der Waals surface area contributed by atoms with Gasteiger partial charge in [0.2, 0.25) is 0 Å². The summed E-state index contributed by atoms with van der Waals surface area (Å²) in [5.41, 5.74) is 6.11. The van der Waals surface area contributed by atoms with Crippen molar-refractivity contribution in [3.63, 3.8) is 0 Å². The zero-order chi connectivity index (χ0) is 19.0. The monoisotopic (exact) mass is 376 g/mol. The molecule has 1 nitrogen and oxygen atoms in total. The molecular formula is C23H27F3O. The molecule has 0 saturated heterocycles. The molecule has 1 saturated carbocycles. The van der Waals surface area contributed by atoms with Gasteiger partial charge in [0.15, 0.2) is 6.61 Å². The highest BCUT2D eigenvalue weighted by Gasteiger charge is 2.40. The number of aryl methyl sites for hydroxylation is 1. The minimum absolute atomic E-state index is 0.288. The molecule has 2 atom stereocenters. The number of allylic oxidation sites excluding steroid dienone is 3. The zero-order valence-electron chi connectivity index (χ0n) is 15.9. The minimum atomic E-state index is -4.32. The maximum absolute atomic E-state index is 13.0. The maximum Gasteiger partial charge on any atom is 0.422 e. The van der Waals surface area contributed by atoms with Gasteiger partial charge in [-0.05, 0) is 69.4 Å². The van der Waals surface area contributed by atoms with Crippen molar-refractivity contribution in [2.24, 2.45) is 11.8 Å². The molecular weight excluding hydrogens is 349 g/mol. The predicted molar refractivity (Wildman–Crippen MR) is 101 cm³/mol. The van der Waals surface area contributed by atoms with Crippen LogP contribution < -0.4 is 0 Å². The number of benzene rings is 1. The van der Waals surface area contributed by atoms with Gasteiger partial charge in [-0.25, -0.2) is 0 Å². The standard InChI is InChI=1S/C23H27F3O/c1-15-6-4-9-18(12-15)22(27-14-23(24,25)26)21-17-8-5-11-20(21)19-10-3-2-7-16(19)13-17/h4,6,9,12,17,20H,2-3,5,7-8,10-11,13-14H2,1H3. The Morgan fingerprint density at radius 2 is 1.93 bits per heavy atom. The molecule has 1 aromatic carbocycles. The van der Waals surface area contributed by atoms with Crippen LogP contribution >= 0.6 is 0 Å². The molecule has 0 N–H and O–H groups in total. The van der Waals surface area contributed by atoms with E-state index in [0.717, 1.165) is 48.8 Å². The molecule has 0 aromatic heterocycles. The number of fused-ring (bicyclic) bond motifs is 3. The molecule has 2 unspecified atom stereocenters. The van der Waals surface area contributed by atoms with E-state index in [1.165, 1.54) is 24.8 Å². The average Bonchev–Trinajstić information content (AvgIpc) is 2.61. The van der Waals surface area contributed by atoms with Gasteiger partial charge in [0.1, 0.15) is 5.76 Å². The van der Waals surface area contributed by atoms with Gasteiger partial charge in [-0.2, -0.15) is 13.2 Å². The van der Waals surface area contributed by atoms with E-state index in [1.54, 1.807) is 5.57 Å². The van der Waals surface area contributed by atoms with Crippen molar-refractivity contribution >= 4 is 5.76 Å². The molecule has 1 aromatic rings. The first-order valence-electron chi connectivity index (χ1n) is 10.1. The van der Waals surface area contributed by atoms with Gasteiger partial charge < -0.3 is 4.74 Å². The van der Waals surface area contributed by atoms with Crippen LogP contribution in [0.5, 0.6) is 0 Å². The first-order valence-corrected chi connectivity index (χ1v) is 10.1. The molecule has 146 valence electrons. The lowest BCUT2D eigenvalue weighted by Crippen LogP contribution is -2.30. The maximum atomic E-state index is 13.0. The molecule has 2 bridgehead atoms. The Morgan fingerprint density at radius 3 is 2.70 bits per heavy atom. The lowest BCUT2D eigenvalue weighted by atomic mass is 9.62. The summed E-state index contributed by atoms with van der Waals surface area (Å²) < 4.78 is 44.5. The normalized spacial score (nSPS) is 27.3. The van der Waals surface area contributed by atoms with E-state index >= 15 is 0 Å². The molecule has 27 heavy (non-hydrogen) atoms. The number of alkyl halides is 3. The first kappa shape index (κ1) is 18.6. The Morgan fingerprint density at radius 1 is 1.11 bits per heavy atom. The fourth-order valence-corrected chi connectivity index (χ4v) is 5.30. The number of hydrogen-bond donors (Lipinski definition) is 0. The molecule has 0 amide bonds. The van der Waals surface area contributed by atoms with Gasteiger partial charge in [0.05, 0.1) is 0 Å². The third-order valence-corrected chi connectivity index (χ3v) is 6.33. The van der Waals surface area contributed by atoms with Crippen molar-refractivity contribution in [3.8, 4) is 0 Å². The van der Waals surface area contributed by atoms with Crippen molar-refractivity contribution in [1.29, 1.82) is 0 Å². The Kier molecular flexibility index (Phi) is 5.09. The number of rotatable bonds is 3. The van der Waals surface area contributed by atoms with E-state index in [4.69, 9.17) is 4.74 Å². The number of hydrogen-bond acceptors (Lipinski definition) is 1. The van der Waals surface area contributed by atoms with Crippen LogP contribution in [0.4, 0.5) is 13.2 Å². The molecule has 4 rings (SSSR count). The van der Waals surface area contributed by atoms with E-state index < -0.39 is 12.8 Å². The Labute approximate surface area is 159 Å². The molecule has 3 aliphatic carbocycles. The van der Waals surface area contributed by atoms with Crippen molar-refractivity contribution in [1.82, 2.24) is 0 Å². The largest absolute Gasteiger partial charge is 0.484 e. The highest BCUT2D eigenvalue weighted by Crippen LogP contribution is 2.53. The fourth-order valence-electron chi connectivity index (χ4n) is 5.30. The van der Waals surface area contributed by atoms with Gasteiger partial charge in [-0.15, -0.1) is 0 Å². The molecule has 0 aliphatic heterocycles. The topological polar surface area (TPSA) is 9.23 Å². The third kappa shape index (κ3) is 3.95. The highest BCUT2D eigenvalue weighted by molar-refractivity contribution is 5.67. The summed E-state index contributed by atoms with van der Waals surface area (Å²) >= 11 is 0. The minimum Gasteiger partial charge on any atom is -0.484 e. The molecule has 0 heterocycles. The molecule has 3 aliphatic rings. The van der Waals surface area contributed by atoms with Gasteiger partial charge in [-0.1, -0.05) is 41.3 Å². The smallest absolute Gasteiger partial charge is 0.422 e. The van der Waals surface area contributed by atoms with Crippen LogP contribution in [0.2, 0.25) is 0 Å². The van der Waals surface area contributed by atoms with E-state index in [-0.39, 0.29) is 5.92 Å². The summed E-state index contributed by atoms with van der Waals surface area (Å²) in [4.78, 5) is 0. The lowest BCUT2D eigenvalue weighted by Gasteiger charge is -2.43. The van der Waals surface area contributed by atoms with Crippen molar-refractivity contribution in [2.75, 3.05) is 6.61 Å². The second kappa shape index (κ2) is 7.37. The van der Waals surface area contributed by atoms with Crippen LogP contribution in [0.25, 0.3) is 5.76 Å². The second-order valence-electron chi connectivity index (χ2n) is 8.28. The van der Waals surface area contributed by atoms with Gasteiger partial charge in [0.25, 0.3) is 0 Å². The summed E-state index contributed by atoms with van der Waals surface area (Å²) in [5.74, 6) is 1.13. The molecule has 4 heteroatoms.